The number of benzene rings is 1. The lowest BCUT2D eigenvalue weighted by Gasteiger charge is -2.08. The van der Waals surface area contributed by atoms with Gasteiger partial charge >= 0.3 is 0 Å². The molecule has 74 valence electrons. The molecular weight excluding hydrogens is 188 g/mol. The van der Waals surface area contributed by atoms with E-state index in [1.807, 2.05) is 0 Å². The average molecular weight is 196 g/mol. The van der Waals surface area contributed by atoms with Crippen molar-refractivity contribution >= 4 is 0 Å². The van der Waals surface area contributed by atoms with Crippen LogP contribution in [0.15, 0.2) is 35.7 Å². The van der Waals surface area contributed by atoms with E-state index in [1.54, 1.807) is 30.3 Å². The van der Waals surface area contributed by atoms with Gasteiger partial charge in [-0.3, -0.25) is 10.1 Å². The molecule has 0 aliphatic carbocycles. The third kappa shape index (κ3) is 2.81. The molecule has 0 aliphatic heterocycles. The monoisotopic (exact) mass is 196 g/mol. The smallest absolute Gasteiger partial charge is 0.247 e. The first-order valence-corrected chi connectivity index (χ1v) is 3.89. The van der Waals surface area contributed by atoms with Gasteiger partial charge in [0, 0.05) is 10.5 Å². The van der Waals surface area contributed by atoms with Crippen molar-refractivity contribution in [1.29, 1.82) is 0 Å². The van der Waals surface area contributed by atoms with Gasteiger partial charge in [-0.05, 0) is 0 Å². The van der Waals surface area contributed by atoms with Gasteiger partial charge in [0.05, 0.1) is 0 Å². The number of rotatable bonds is 5. The van der Waals surface area contributed by atoms with Gasteiger partial charge in [0.1, 0.15) is 0 Å². The Hall–Kier alpha value is -1.98. The number of hydrogen-bond acceptors (Lipinski definition) is 5. The van der Waals surface area contributed by atoms with E-state index in [2.05, 4.69) is 10.2 Å². The van der Waals surface area contributed by atoms with Gasteiger partial charge in [0.25, 0.3) is 0 Å². The van der Waals surface area contributed by atoms with E-state index >= 15 is 0 Å². The maximum atomic E-state index is 10.2. The second-order valence-electron chi connectivity index (χ2n) is 2.59. The number of hydrogen-bond donors (Lipinski definition) is 0. The molecular formula is C8H8N2O4. The van der Waals surface area contributed by atoms with Crippen LogP contribution in [0.25, 0.3) is 0 Å². The van der Waals surface area contributed by atoms with Gasteiger partial charge in [-0.15, -0.1) is 4.91 Å². The van der Waals surface area contributed by atoms with Gasteiger partial charge in [-0.1, -0.05) is 30.3 Å². The highest BCUT2D eigenvalue weighted by atomic mass is 16.7. The summed E-state index contributed by atoms with van der Waals surface area (Å²) in [6.45, 7) is -0.476. The first-order chi connectivity index (χ1) is 6.74. The van der Waals surface area contributed by atoms with Crippen molar-refractivity contribution < 1.29 is 9.76 Å². The van der Waals surface area contributed by atoms with Crippen LogP contribution in [0, 0.1) is 15.0 Å². The lowest BCUT2D eigenvalue weighted by Crippen LogP contribution is -2.13. The maximum absolute atomic E-state index is 10.2. The van der Waals surface area contributed by atoms with Crippen LogP contribution in [0.4, 0.5) is 0 Å². The van der Waals surface area contributed by atoms with Crippen LogP contribution in [-0.2, 0) is 4.84 Å². The van der Waals surface area contributed by atoms with Crippen molar-refractivity contribution in [3.63, 3.8) is 0 Å². The maximum Gasteiger partial charge on any atom is 0.247 e. The molecule has 0 saturated heterocycles. The van der Waals surface area contributed by atoms with E-state index in [0.717, 1.165) is 0 Å². The second kappa shape index (κ2) is 4.90. The molecule has 1 aromatic carbocycles. The average Bonchev–Trinajstić information content (AvgIpc) is 2.18. The summed E-state index contributed by atoms with van der Waals surface area (Å²) in [4.78, 5) is 23.9. The number of nitro groups is 1. The fourth-order valence-electron chi connectivity index (χ4n) is 1.05. The Balaban J connectivity index is 2.77. The van der Waals surface area contributed by atoms with Crippen LogP contribution in [0.1, 0.15) is 11.7 Å². The standard InChI is InChI=1S/C8H8N2O4/c11-9-14-8(6-10(12)13)7-4-2-1-3-5-7/h1-5,8H,6H2. The van der Waals surface area contributed by atoms with Gasteiger partial charge in [0.15, 0.2) is 5.34 Å². The van der Waals surface area contributed by atoms with Gasteiger partial charge < -0.3 is 4.84 Å². The lowest BCUT2D eigenvalue weighted by molar-refractivity contribution is -0.493. The fourth-order valence-corrected chi connectivity index (χ4v) is 1.05. The first-order valence-electron chi connectivity index (χ1n) is 3.89. The Morgan fingerprint density at radius 1 is 1.43 bits per heavy atom. The molecule has 6 nitrogen and oxygen atoms in total. The molecule has 6 heteroatoms. The number of nitrogens with zero attached hydrogens (tertiary/aromatic N) is 2. The van der Waals surface area contributed by atoms with Gasteiger partial charge in [-0.2, -0.15) is 0 Å². The molecule has 0 radical (unpaired) electrons. The van der Waals surface area contributed by atoms with Crippen LogP contribution in [0.3, 0.4) is 0 Å². The quantitative estimate of drug-likeness (QED) is 0.407. The summed E-state index contributed by atoms with van der Waals surface area (Å²) < 4.78 is 0. The third-order valence-corrected chi connectivity index (χ3v) is 1.66. The summed E-state index contributed by atoms with van der Waals surface area (Å²) >= 11 is 0. The predicted molar refractivity (Wildman–Crippen MR) is 47.9 cm³/mol. The van der Waals surface area contributed by atoms with E-state index in [9.17, 15) is 15.0 Å². The zero-order chi connectivity index (χ0) is 10.4. The van der Waals surface area contributed by atoms with Crippen molar-refractivity contribution in [3.05, 3.63) is 50.9 Å². The molecule has 14 heavy (non-hydrogen) atoms. The highest BCUT2D eigenvalue weighted by Gasteiger charge is 2.19. The van der Waals surface area contributed by atoms with E-state index in [-0.39, 0.29) is 0 Å². The minimum Gasteiger partial charge on any atom is -0.349 e. The summed E-state index contributed by atoms with van der Waals surface area (Å²) in [5, 5.41) is 12.5. The third-order valence-electron chi connectivity index (χ3n) is 1.66. The zero-order valence-electron chi connectivity index (χ0n) is 7.20. The molecule has 1 atom stereocenters. The van der Waals surface area contributed by atoms with E-state index in [1.165, 1.54) is 0 Å². The van der Waals surface area contributed by atoms with Crippen LogP contribution in [0.2, 0.25) is 0 Å². The fraction of sp³-hybridized carbons (Fsp3) is 0.250. The minimum absolute atomic E-state index is 0.476. The van der Waals surface area contributed by atoms with E-state index in [4.69, 9.17) is 0 Å². The topological polar surface area (TPSA) is 81.8 Å². The highest BCUT2D eigenvalue weighted by molar-refractivity contribution is 5.17. The Labute approximate surface area is 79.6 Å². The molecule has 0 amide bonds. The Morgan fingerprint density at radius 3 is 2.57 bits per heavy atom. The van der Waals surface area contributed by atoms with E-state index in [0.29, 0.717) is 5.56 Å². The summed E-state index contributed by atoms with van der Waals surface area (Å²) in [5.41, 5.74) is 0.559. The minimum atomic E-state index is -0.913. The predicted octanol–water partition coefficient (Wildman–Crippen LogP) is 1.70. The molecule has 0 bridgehead atoms. The molecule has 0 fully saturated rings. The van der Waals surface area contributed by atoms with Gasteiger partial charge in [0.2, 0.25) is 12.6 Å². The molecule has 0 aromatic heterocycles. The summed E-state index contributed by atoms with van der Waals surface area (Å²) in [5.74, 6) is 0. The van der Waals surface area contributed by atoms with E-state index < -0.39 is 17.6 Å². The van der Waals surface area contributed by atoms with Crippen molar-refractivity contribution in [2.75, 3.05) is 6.54 Å². The first kappa shape index (κ1) is 10.1. The van der Waals surface area contributed by atoms with Crippen molar-refractivity contribution in [3.8, 4) is 0 Å². The largest absolute Gasteiger partial charge is 0.349 e. The molecule has 0 N–H and O–H groups in total. The van der Waals surface area contributed by atoms with Crippen LogP contribution >= 0.6 is 0 Å². The summed E-state index contributed by atoms with van der Waals surface area (Å²) in [6, 6.07) is 8.45. The Kier molecular flexibility index (Phi) is 3.54. The molecule has 0 saturated carbocycles. The second-order valence-corrected chi connectivity index (χ2v) is 2.59. The molecule has 0 heterocycles. The van der Waals surface area contributed by atoms with Crippen molar-refractivity contribution in [2.45, 2.75) is 6.10 Å². The van der Waals surface area contributed by atoms with Crippen LogP contribution in [0.5, 0.6) is 0 Å². The Morgan fingerprint density at radius 2 is 2.07 bits per heavy atom. The summed E-state index contributed by atoms with van der Waals surface area (Å²) in [7, 11) is 0. The van der Waals surface area contributed by atoms with Crippen LogP contribution in [-0.4, -0.2) is 11.5 Å². The summed E-state index contributed by atoms with van der Waals surface area (Å²) in [6.07, 6.45) is -0.913. The lowest BCUT2D eigenvalue weighted by atomic mass is 10.1. The SMILES string of the molecule is O=NOC(C[N+](=O)[O-])c1ccccc1. The molecule has 0 aliphatic rings. The molecule has 1 aromatic rings. The van der Waals surface area contributed by atoms with Crippen molar-refractivity contribution in [2.24, 2.45) is 5.34 Å². The van der Waals surface area contributed by atoms with Gasteiger partial charge in [-0.25, -0.2) is 0 Å². The molecule has 1 rings (SSSR count). The molecule has 0 spiro atoms. The van der Waals surface area contributed by atoms with Crippen molar-refractivity contribution in [1.82, 2.24) is 0 Å². The molecule has 1 unspecified atom stereocenters. The van der Waals surface area contributed by atoms with Crippen LogP contribution < -0.4 is 0 Å². The normalized spacial score (nSPS) is 11.7. The zero-order valence-corrected chi connectivity index (χ0v) is 7.20. The highest BCUT2D eigenvalue weighted by Crippen LogP contribution is 2.17. The Bertz CT molecular complexity index is 314.